The lowest BCUT2D eigenvalue weighted by Crippen LogP contribution is -2.13. The van der Waals surface area contributed by atoms with Gasteiger partial charge in [-0.15, -0.1) is 15.3 Å². The Morgan fingerprint density at radius 2 is 1.90 bits per heavy atom. The van der Waals surface area contributed by atoms with E-state index in [4.69, 9.17) is 11.6 Å². The van der Waals surface area contributed by atoms with Crippen LogP contribution in [-0.2, 0) is 0 Å². The summed E-state index contributed by atoms with van der Waals surface area (Å²) in [6.45, 7) is 0. The zero-order valence-corrected chi connectivity index (χ0v) is 10.7. The number of anilines is 1. The van der Waals surface area contributed by atoms with Gasteiger partial charge in [0.05, 0.1) is 0 Å². The van der Waals surface area contributed by atoms with Crippen LogP contribution in [0.2, 0.25) is 5.02 Å². The van der Waals surface area contributed by atoms with Crippen LogP contribution < -0.4 is 5.32 Å². The summed E-state index contributed by atoms with van der Waals surface area (Å²) < 4.78 is 1.48. The molecule has 1 amide bonds. The van der Waals surface area contributed by atoms with Crippen LogP contribution in [0, 0.1) is 0 Å². The second-order valence-corrected chi connectivity index (χ2v) is 4.25. The van der Waals surface area contributed by atoms with E-state index in [2.05, 4.69) is 30.7 Å². The summed E-state index contributed by atoms with van der Waals surface area (Å²) in [6.07, 6.45) is 2.87. The van der Waals surface area contributed by atoms with Gasteiger partial charge in [0.25, 0.3) is 11.9 Å². The van der Waals surface area contributed by atoms with Crippen LogP contribution in [0.15, 0.2) is 36.9 Å². The predicted molar refractivity (Wildman–Crippen MR) is 70.7 cm³/mol. The van der Waals surface area contributed by atoms with Crippen molar-refractivity contribution in [3.8, 4) is 5.95 Å². The second-order valence-electron chi connectivity index (χ2n) is 3.81. The van der Waals surface area contributed by atoms with Gasteiger partial charge in [0.1, 0.15) is 12.7 Å². The largest absolute Gasteiger partial charge is 0.319 e. The summed E-state index contributed by atoms with van der Waals surface area (Å²) in [7, 11) is 0. The lowest BCUT2D eigenvalue weighted by atomic mass is 10.3. The van der Waals surface area contributed by atoms with Crippen molar-refractivity contribution in [3.05, 3.63) is 47.8 Å². The van der Waals surface area contributed by atoms with Crippen molar-refractivity contribution in [2.24, 2.45) is 0 Å². The quantitative estimate of drug-likeness (QED) is 0.756. The molecule has 9 heteroatoms. The third kappa shape index (κ3) is 2.50. The molecule has 0 aliphatic carbocycles. The fourth-order valence-electron chi connectivity index (χ4n) is 1.50. The predicted octanol–water partition coefficient (Wildman–Crippen LogP) is 1.29. The third-order valence-corrected chi connectivity index (χ3v) is 2.69. The Labute approximate surface area is 117 Å². The smallest absolute Gasteiger partial charge is 0.293 e. The van der Waals surface area contributed by atoms with Gasteiger partial charge < -0.3 is 5.32 Å². The number of aromatic nitrogens is 6. The zero-order chi connectivity index (χ0) is 13.9. The Morgan fingerprint density at radius 3 is 2.60 bits per heavy atom. The van der Waals surface area contributed by atoms with Gasteiger partial charge in [0.15, 0.2) is 0 Å². The van der Waals surface area contributed by atoms with Gasteiger partial charge in [0.2, 0.25) is 5.82 Å². The highest BCUT2D eigenvalue weighted by Crippen LogP contribution is 2.14. The number of nitrogens with zero attached hydrogens (tertiary/aromatic N) is 5. The number of H-pyrrole nitrogens is 1. The average Bonchev–Trinajstić information content (AvgIpc) is 3.11. The number of carbonyl (C=O) groups is 1. The summed E-state index contributed by atoms with van der Waals surface area (Å²) in [5.74, 6) is -0.0287. The maximum Gasteiger partial charge on any atom is 0.293 e. The number of nitrogens with one attached hydrogen (secondary N) is 2. The van der Waals surface area contributed by atoms with Crippen LogP contribution in [0.1, 0.15) is 10.6 Å². The number of benzene rings is 1. The molecule has 0 saturated carbocycles. The highest BCUT2D eigenvalue weighted by Gasteiger charge is 2.13. The molecule has 0 bridgehead atoms. The second kappa shape index (κ2) is 5.10. The topological polar surface area (TPSA) is 101 Å². The van der Waals surface area contributed by atoms with E-state index in [1.54, 1.807) is 24.3 Å². The molecule has 0 unspecified atom stereocenters. The first-order valence-electron chi connectivity index (χ1n) is 5.57. The highest BCUT2D eigenvalue weighted by molar-refractivity contribution is 6.30. The van der Waals surface area contributed by atoms with Crippen molar-refractivity contribution in [1.82, 2.24) is 29.9 Å². The first kappa shape index (κ1) is 12.3. The number of amides is 1. The molecule has 1 aromatic carbocycles. The number of aromatic amines is 1. The fraction of sp³-hybridized carbons (Fsp3) is 0. The average molecular weight is 290 g/mol. The van der Waals surface area contributed by atoms with Crippen molar-refractivity contribution < 1.29 is 4.79 Å². The lowest BCUT2D eigenvalue weighted by Gasteiger charge is -2.02. The molecule has 100 valence electrons. The molecule has 0 atom stereocenters. The molecule has 0 aliphatic heterocycles. The molecule has 0 radical (unpaired) electrons. The Kier molecular flexibility index (Phi) is 3.13. The molecule has 2 N–H and O–H groups in total. The molecule has 0 fully saturated rings. The van der Waals surface area contributed by atoms with E-state index in [1.807, 2.05) is 0 Å². The van der Waals surface area contributed by atoms with Crippen LogP contribution >= 0.6 is 11.6 Å². The summed E-state index contributed by atoms with van der Waals surface area (Å²) in [5, 5.41) is 17.0. The van der Waals surface area contributed by atoms with E-state index in [0.717, 1.165) is 0 Å². The van der Waals surface area contributed by atoms with Crippen LogP contribution in [0.5, 0.6) is 0 Å². The molecule has 0 spiro atoms. The Morgan fingerprint density at radius 1 is 1.20 bits per heavy atom. The summed E-state index contributed by atoms with van der Waals surface area (Å²) in [6, 6.07) is 6.74. The van der Waals surface area contributed by atoms with Crippen molar-refractivity contribution in [3.63, 3.8) is 0 Å². The third-order valence-electron chi connectivity index (χ3n) is 2.44. The lowest BCUT2D eigenvalue weighted by molar-refractivity contribution is 0.101. The Bertz CT molecular complexity index is 720. The minimum atomic E-state index is -0.404. The minimum Gasteiger partial charge on any atom is -0.319 e. The molecule has 2 heterocycles. The van der Waals surface area contributed by atoms with Crippen molar-refractivity contribution >= 4 is 23.2 Å². The molecule has 2 aromatic heterocycles. The summed E-state index contributed by atoms with van der Waals surface area (Å²) in [5.41, 5.74) is 0.613. The van der Waals surface area contributed by atoms with Gasteiger partial charge >= 0.3 is 0 Å². The molecule has 0 aliphatic rings. The van der Waals surface area contributed by atoms with Crippen LogP contribution in [0.25, 0.3) is 5.95 Å². The summed E-state index contributed by atoms with van der Waals surface area (Å²) >= 11 is 5.77. The van der Waals surface area contributed by atoms with E-state index in [1.165, 1.54) is 17.2 Å². The van der Waals surface area contributed by atoms with E-state index in [-0.39, 0.29) is 11.8 Å². The molecule has 3 rings (SSSR count). The molecule has 8 nitrogen and oxygen atoms in total. The van der Waals surface area contributed by atoms with E-state index in [9.17, 15) is 4.79 Å². The van der Waals surface area contributed by atoms with Crippen LogP contribution in [0.4, 0.5) is 5.69 Å². The number of hydrogen-bond acceptors (Lipinski definition) is 5. The molecular weight excluding hydrogens is 282 g/mol. The minimum absolute atomic E-state index is 0.0867. The first-order valence-corrected chi connectivity index (χ1v) is 5.94. The number of carbonyl (C=O) groups excluding carboxylic acids is 1. The molecule has 0 saturated heterocycles. The van der Waals surface area contributed by atoms with Crippen molar-refractivity contribution in [1.29, 1.82) is 0 Å². The Balaban J connectivity index is 1.76. The van der Waals surface area contributed by atoms with Crippen molar-refractivity contribution in [2.45, 2.75) is 0 Å². The fourth-order valence-corrected chi connectivity index (χ4v) is 1.62. The van der Waals surface area contributed by atoms with Crippen LogP contribution in [-0.4, -0.2) is 35.9 Å². The van der Waals surface area contributed by atoms with Gasteiger partial charge in [-0.25, -0.2) is 0 Å². The Hall–Kier alpha value is -2.74. The first-order chi connectivity index (χ1) is 9.72. The number of halogens is 1. The van der Waals surface area contributed by atoms with Gasteiger partial charge in [-0.1, -0.05) is 11.6 Å². The highest BCUT2D eigenvalue weighted by atomic mass is 35.5. The number of rotatable bonds is 3. The molecule has 3 aromatic rings. The monoisotopic (exact) mass is 289 g/mol. The maximum atomic E-state index is 12.0. The maximum absolute atomic E-state index is 12.0. The van der Waals surface area contributed by atoms with Gasteiger partial charge in [-0.2, -0.15) is 4.98 Å². The number of hydrogen-bond donors (Lipinski definition) is 2. The van der Waals surface area contributed by atoms with Gasteiger partial charge in [-0.05, 0) is 24.3 Å². The van der Waals surface area contributed by atoms with E-state index in [0.29, 0.717) is 10.7 Å². The molecular formula is C11H8ClN7O. The summed E-state index contributed by atoms with van der Waals surface area (Å²) in [4.78, 5) is 16.0. The van der Waals surface area contributed by atoms with Gasteiger partial charge in [-0.3, -0.25) is 14.5 Å². The van der Waals surface area contributed by atoms with Gasteiger partial charge in [0, 0.05) is 10.7 Å². The standard InChI is InChI=1S/C11H8ClN7O/c12-7-1-3-8(4-2-7)15-10(20)9-16-11(18-17-9)19-5-13-14-6-19/h1-6H,(H,15,20)(H,16,17,18). The SMILES string of the molecule is O=C(Nc1ccc(Cl)cc1)c1nc(-n2cnnc2)n[nH]1. The van der Waals surface area contributed by atoms with E-state index < -0.39 is 5.91 Å². The normalized spacial score (nSPS) is 10.4. The van der Waals surface area contributed by atoms with E-state index >= 15 is 0 Å². The van der Waals surface area contributed by atoms with Crippen molar-refractivity contribution in [2.75, 3.05) is 5.32 Å². The molecule has 20 heavy (non-hydrogen) atoms. The zero-order valence-electron chi connectivity index (χ0n) is 9.99. The van der Waals surface area contributed by atoms with Crippen LogP contribution in [0.3, 0.4) is 0 Å².